The molecule has 1 aromatic carbocycles. The molecule has 24 heavy (non-hydrogen) atoms. The fraction of sp³-hybridized carbons (Fsp3) is 0.375. The molecule has 0 atom stereocenters. The molecule has 1 heterocycles. The molecule has 0 spiro atoms. The van der Waals surface area contributed by atoms with Crippen molar-refractivity contribution in [2.45, 2.75) is 32.3 Å². The third kappa shape index (κ3) is 6.93. The van der Waals surface area contributed by atoms with Gasteiger partial charge in [0, 0.05) is 24.6 Å². The highest BCUT2D eigenvalue weighted by Gasteiger charge is 2.09. The lowest BCUT2D eigenvalue weighted by molar-refractivity contribution is -0.116. The van der Waals surface area contributed by atoms with E-state index in [4.69, 9.17) is 4.52 Å². The van der Waals surface area contributed by atoms with E-state index in [0.29, 0.717) is 30.7 Å². The first-order chi connectivity index (χ1) is 11.4. The summed E-state index contributed by atoms with van der Waals surface area (Å²) in [7, 11) is -3.50. The van der Waals surface area contributed by atoms with Gasteiger partial charge < -0.3 is 9.84 Å². The number of para-hydroxylation sites is 1. The molecule has 2 aromatic rings. The van der Waals surface area contributed by atoms with Crippen LogP contribution in [0, 0.1) is 0 Å². The Kier molecular flexibility index (Phi) is 6.51. The predicted molar refractivity (Wildman–Crippen MR) is 88.8 cm³/mol. The Hall–Kier alpha value is -2.19. The number of carbonyl (C=O) groups is 1. The Morgan fingerprint density at radius 3 is 2.71 bits per heavy atom. The smallest absolute Gasteiger partial charge is 0.264 e. The van der Waals surface area contributed by atoms with Crippen LogP contribution in [0.2, 0.25) is 0 Å². The second-order valence-corrected chi connectivity index (χ2v) is 7.02. The van der Waals surface area contributed by atoms with Crippen molar-refractivity contribution < 1.29 is 21.9 Å². The zero-order chi connectivity index (χ0) is 17.4. The zero-order valence-corrected chi connectivity index (χ0v) is 14.2. The summed E-state index contributed by atoms with van der Waals surface area (Å²) in [4.78, 5) is 11.8. The summed E-state index contributed by atoms with van der Waals surface area (Å²) < 4.78 is 31.5. The van der Waals surface area contributed by atoms with Crippen LogP contribution in [0.3, 0.4) is 0 Å². The lowest BCUT2D eigenvalue weighted by atomic mass is 10.1. The van der Waals surface area contributed by atoms with Gasteiger partial charge in [-0.25, -0.2) is 0 Å². The first-order valence-corrected chi connectivity index (χ1v) is 9.38. The first-order valence-electron chi connectivity index (χ1n) is 7.56. The van der Waals surface area contributed by atoms with Crippen LogP contribution in [0.15, 0.2) is 40.9 Å². The number of benzene rings is 1. The molecule has 1 aromatic heterocycles. The Bertz CT molecular complexity index is 756. The number of rotatable bonds is 9. The van der Waals surface area contributed by atoms with E-state index in [-0.39, 0.29) is 12.5 Å². The summed E-state index contributed by atoms with van der Waals surface area (Å²) in [5.74, 6) is 0.617. The number of aryl methyl sites for hydroxylation is 1. The number of amides is 1. The molecular weight excluding hydrogens is 332 g/mol. The molecule has 0 aliphatic rings. The quantitative estimate of drug-likeness (QED) is 0.550. The van der Waals surface area contributed by atoms with Gasteiger partial charge in [0.25, 0.3) is 10.1 Å². The number of aromatic nitrogens is 1. The number of nitrogens with one attached hydrogen (secondary N) is 1. The SMILES string of the molecule is CS(=O)(=O)OCc1cc(CCCCC(=O)Nc2ccccc2)on1. The Morgan fingerprint density at radius 1 is 1.25 bits per heavy atom. The van der Waals surface area contributed by atoms with Gasteiger partial charge in [-0.1, -0.05) is 23.4 Å². The van der Waals surface area contributed by atoms with Crippen molar-refractivity contribution in [1.29, 1.82) is 0 Å². The summed E-state index contributed by atoms with van der Waals surface area (Å²) in [5, 5.41) is 6.57. The summed E-state index contributed by atoms with van der Waals surface area (Å²) in [6, 6.07) is 11.0. The molecule has 7 nitrogen and oxygen atoms in total. The van der Waals surface area contributed by atoms with Gasteiger partial charge in [-0.15, -0.1) is 0 Å². The van der Waals surface area contributed by atoms with Gasteiger partial charge in [0.15, 0.2) is 0 Å². The number of anilines is 1. The van der Waals surface area contributed by atoms with E-state index in [0.717, 1.165) is 18.4 Å². The third-order valence-corrected chi connectivity index (χ3v) is 3.71. The summed E-state index contributed by atoms with van der Waals surface area (Å²) >= 11 is 0. The van der Waals surface area contributed by atoms with Crippen LogP contribution in [-0.2, 0) is 32.1 Å². The molecule has 0 aliphatic carbocycles. The molecule has 0 bridgehead atoms. The van der Waals surface area contributed by atoms with Crippen molar-refractivity contribution in [3.8, 4) is 0 Å². The molecule has 0 saturated carbocycles. The minimum absolute atomic E-state index is 0.0268. The number of nitrogens with zero attached hydrogens (tertiary/aromatic N) is 1. The van der Waals surface area contributed by atoms with Gasteiger partial charge in [0.1, 0.15) is 18.1 Å². The number of unbranched alkanes of at least 4 members (excludes halogenated alkanes) is 1. The highest BCUT2D eigenvalue weighted by atomic mass is 32.2. The topological polar surface area (TPSA) is 98.5 Å². The molecule has 0 fully saturated rings. The van der Waals surface area contributed by atoms with Gasteiger partial charge >= 0.3 is 0 Å². The normalized spacial score (nSPS) is 11.4. The van der Waals surface area contributed by atoms with E-state index in [1.54, 1.807) is 6.07 Å². The van der Waals surface area contributed by atoms with Crippen LogP contribution in [0.25, 0.3) is 0 Å². The van der Waals surface area contributed by atoms with E-state index in [9.17, 15) is 13.2 Å². The third-order valence-electron chi connectivity index (χ3n) is 3.16. The number of carbonyl (C=O) groups excluding carboxylic acids is 1. The molecule has 130 valence electrons. The van der Waals surface area contributed by atoms with Crippen molar-refractivity contribution in [1.82, 2.24) is 5.16 Å². The second-order valence-electron chi connectivity index (χ2n) is 5.37. The molecule has 0 unspecified atom stereocenters. The van der Waals surface area contributed by atoms with Crippen molar-refractivity contribution in [3.05, 3.63) is 47.9 Å². The molecule has 1 N–H and O–H groups in total. The molecule has 0 saturated heterocycles. The van der Waals surface area contributed by atoms with Crippen LogP contribution >= 0.6 is 0 Å². The van der Waals surface area contributed by atoms with E-state index in [1.807, 2.05) is 30.3 Å². The number of hydrogen-bond donors (Lipinski definition) is 1. The van der Waals surface area contributed by atoms with Crippen LogP contribution in [0.1, 0.15) is 30.7 Å². The fourth-order valence-electron chi connectivity index (χ4n) is 2.04. The van der Waals surface area contributed by atoms with Crippen LogP contribution in [0.5, 0.6) is 0 Å². The molecular formula is C16H20N2O5S. The van der Waals surface area contributed by atoms with Gasteiger partial charge in [-0.3, -0.25) is 8.98 Å². The van der Waals surface area contributed by atoms with Crippen molar-refractivity contribution in [2.24, 2.45) is 0 Å². The number of hydrogen-bond acceptors (Lipinski definition) is 6. The van der Waals surface area contributed by atoms with E-state index < -0.39 is 10.1 Å². The van der Waals surface area contributed by atoms with Gasteiger partial charge in [-0.05, 0) is 25.0 Å². The fourth-order valence-corrected chi connectivity index (χ4v) is 2.37. The highest BCUT2D eigenvalue weighted by molar-refractivity contribution is 7.85. The largest absolute Gasteiger partial charge is 0.361 e. The van der Waals surface area contributed by atoms with Crippen LogP contribution in [-0.4, -0.2) is 25.7 Å². The minimum Gasteiger partial charge on any atom is -0.361 e. The standard InChI is InChI=1S/C16H20N2O5S/c1-24(20,21)22-12-14-11-15(23-18-14)9-5-6-10-16(19)17-13-7-3-2-4-8-13/h2-4,7-8,11H,5-6,9-10,12H2,1H3,(H,17,19). The van der Waals surface area contributed by atoms with Gasteiger partial charge in [0.2, 0.25) is 5.91 Å². The summed E-state index contributed by atoms with van der Waals surface area (Å²) in [6.45, 7) is -0.137. The molecule has 1 amide bonds. The van der Waals surface area contributed by atoms with E-state index >= 15 is 0 Å². The van der Waals surface area contributed by atoms with Crippen LogP contribution in [0.4, 0.5) is 5.69 Å². The maximum Gasteiger partial charge on any atom is 0.264 e. The summed E-state index contributed by atoms with van der Waals surface area (Å²) in [6.07, 6.45) is 3.52. The van der Waals surface area contributed by atoms with Crippen LogP contribution < -0.4 is 5.32 Å². The first kappa shape index (κ1) is 18.2. The molecule has 0 aliphatic heterocycles. The predicted octanol–water partition coefficient (Wildman–Crippen LogP) is 2.50. The van der Waals surface area contributed by atoms with Gasteiger partial charge in [0.05, 0.1) is 6.26 Å². The molecule has 8 heteroatoms. The Balaban J connectivity index is 1.65. The lowest BCUT2D eigenvalue weighted by Crippen LogP contribution is -2.10. The average molecular weight is 352 g/mol. The maximum atomic E-state index is 11.8. The second kappa shape index (κ2) is 8.60. The minimum atomic E-state index is -3.50. The van der Waals surface area contributed by atoms with Gasteiger partial charge in [-0.2, -0.15) is 8.42 Å². The summed E-state index contributed by atoms with van der Waals surface area (Å²) in [5.41, 5.74) is 1.21. The van der Waals surface area contributed by atoms with E-state index in [1.165, 1.54) is 0 Å². The average Bonchev–Trinajstić information content (AvgIpc) is 2.98. The zero-order valence-electron chi connectivity index (χ0n) is 13.4. The van der Waals surface area contributed by atoms with E-state index in [2.05, 4.69) is 14.7 Å². The molecule has 2 rings (SSSR count). The van der Waals surface area contributed by atoms with Crippen molar-refractivity contribution in [2.75, 3.05) is 11.6 Å². The maximum absolute atomic E-state index is 11.8. The van der Waals surface area contributed by atoms with Crippen molar-refractivity contribution in [3.63, 3.8) is 0 Å². The molecule has 0 radical (unpaired) electrons. The lowest BCUT2D eigenvalue weighted by Gasteiger charge is -2.04. The Morgan fingerprint density at radius 2 is 2.00 bits per heavy atom. The highest BCUT2D eigenvalue weighted by Crippen LogP contribution is 2.11. The van der Waals surface area contributed by atoms with Crippen molar-refractivity contribution >= 4 is 21.7 Å². The monoisotopic (exact) mass is 352 g/mol. The Labute approximate surface area is 141 Å².